The summed E-state index contributed by atoms with van der Waals surface area (Å²) in [5.74, 6) is -2.67. The third-order valence-electron chi connectivity index (χ3n) is 5.87. The van der Waals surface area contributed by atoms with Crippen molar-refractivity contribution in [1.29, 1.82) is 0 Å². The summed E-state index contributed by atoms with van der Waals surface area (Å²) in [5.41, 5.74) is 2.86. The number of anilines is 2. The fraction of sp³-hybridized carbons (Fsp3) is 0.304. The molecular weight excluding hydrogens is 466 g/mol. The molecule has 6 nitrogen and oxygen atoms in total. The smallest absolute Gasteiger partial charge is 0.330 e. The number of aromatic nitrogens is 1. The van der Waals surface area contributed by atoms with Gasteiger partial charge in [-0.2, -0.15) is 0 Å². The van der Waals surface area contributed by atoms with Gasteiger partial charge in [0.05, 0.1) is 28.5 Å². The number of nitrogens with zero attached hydrogens (tertiary/aromatic N) is 3. The molecule has 2 N–H and O–H groups in total. The molecule has 3 aromatic rings. The third kappa shape index (κ3) is 3.96. The van der Waals surface area contributed by atoms with E-state index in [1.807, 2.05) is 31.2 Å². The van der Waals surface area contributed by atoms with Crippen LogP contribution in [-0.2, 0) is 5.92 Å². The molecule has 0 bridgehead atoms. The fourth-order valence-corrected chi connectivity index (χ4v) is 5.63. The Hall–Kier alpha value is -2.69. The second-order valence-corrected chi connectivity index (χ2v) is 9.84. The normalized spacial score (nSPS) is 17.6. The average molecular weight is 489 g/mol. The number of fused-ring (bicyclic) bond motifs is 1. The summed E-state index contributed by atoms with van der Waals surface area (Å²) in [7, 11) is 0. The highest BCUT2D eigenvalue weighted by Gasteiger charge is 2.39. The molecular formula is C23H22F2N4O2S2. The molecule has 3 heterocycles. The molecule has 2 aliphatic rings. The van der Waals surface area contributed by atoms with Gasteiger partial charge in [0.25, 0.3) is 5.92 Å². The van der Waals surface area contributed by atoms with E-state index < -0.39 is 5.92 Å². The zero-order valence-electron chi connectivity index (χ0n) is 17.9. The maximum Gasteiger partial charge on any atom is 0.330 e. The number of thiazole rings is 1. The molecule has 1 aromatic heterocycles. The Morgan fingerprint density at radius 3 is 2.64 bits per heavy atom. The number of hydrogen-bond donors (Lipinski definition) is 1. The summed E-state index contributed by atoms with van der Waals surface area (Å²) < 4.78 is 35.2. The molecule has 33 heavy (non-hydrogen) atoms. The van der Waals surface area contributed by atoms with E-state index in [1.165, 1.54) is 17.4 Å². The highest BCUT2D eigenvalue weighted by atomic mass is 32.2. The van der Waals surface area contributed by atoms with Crippen LogP contribution in [-0.4, -0.2) is 30.7 Å². The number of amides is 2. The number of aryl methyl sites for hydroxylation is 1. The summed E-state index contributed by atoms with van der Waals surface area (Å²) in [6, 6.07) is 12.0. The van der Waals surface area contributed by atoms with Gasteiger partial charge in [-0.3, -0.25) is 14.9 Å². The lowest BCUT2D eigenvalue weighted by atomic mass is 9.95. The minimum atomic E-state index is -2.90. The van der Waals surface area contributed by atoms with Gasteiger partial charge >= 0.3 is 6.03 Å². The molecule has 1 saturated heterocycles. The maximum absolute atomic E-state index is 14.3. The zero-order chi connectivity index (χ0) is 23.2. The number of carbonyl (C=O) groups excluding carboxylic acids is 1. The number of urea groups is 1. The summed E-state index contributed by atoms with van der Waals surface area (Å²) in [5, 5.41) is 6.33. The highest BCUT2D eigenvalue weighted by Crippen LogP contribution is 2.46. The van der Waals surface area contributed by atoms with Crippen LogP contribution in [0.3, 0.4) is 0 Å². The van der Waals surface area contributed by atoms with Crippen LogP contribution in [0, 0.1) is 6.92 Å². The monoisotopic (exact) mass is 488 g/mol. The van der Waals surface area contributed by atoms with Gasteiger partial charge in [0, 0.05) is 24.3 Å². The minimum absolute atomic E-state index is 0.0200. The zero-order valence-corrected chi connectivity index (χ0v) is 19.5. The van der Waals surface area contributed by atoms with Crippen LogP contribution >= 0.6 is 23.3 Å². The van der Waals surface area contributed by atoms with Gasteiger partial charge in [-0.25, -0.2) is 18.6 Å². The van der Waals surface area contributed by atoms with Crippen LogP contribution in [0.2, 0.25) is 0 Å². The second kappa shape index (κ2) is 8.58. The molecule has 2 amide bonds. The molecule has 0 spiro atoms. The van der Waals surface area contributed by atoms with Gasteiger partial charge in [0.1, 0.15) is 5.75 Å². The Labute approximate surface area is 198 Å². The van der Waals surface area contributed by atoms with E-state index >= 15 is 0 Å². The van der Waals surface area contributed by atoms with Crippen molar-refractivity contribution in [1.82, 2.24) is 4.98 Å². The van der Waals surface area contributed by atoms with Gasteiger partial charge < -0.3 is 4.74 Å². The van der Waals surface area contributed by atoms with Gasteiger partial charge in [0.15, 0.2) is 5.13 Å². The number of hydrogen-bond acceptors (Lipinski definition) is 6. The molecule has 2 aromatic carbocycles. The molecule has 0 unspecified atom stereocenters. The predicted molar refractivity (Wildman–Crippen MR) is 127 cm³/mol. The van der Waals surface area contributed by atoms with Crippen LogP contribution in [0.15, 0.2) is 46.7 Å². The average Bonchev–Trinajstić information content (AvgIpc) is 3.19. The first-order valence-corrected chi connectivity index (χ1v) is 12.3. The third-order valence-corrected chi connectivity index (χ3v) is 7.89. The number of alkyl halides is 2. The number of rotatable bonds is 4. The van der Waals surface area contributed by atoms with Gasteiger partial charge in [0.2, 0.25) is 0 Å². The van der Waals surface area contributed by atoms with Crippen molar-refractivity contribution >= 4 is 40.1 Å². The Bertz CT molecular complexity index is 1200. The van der Waals surface area contributed by atoms with Crippen molar-refractivity contribution in [2.45, 2.75) is 29.9 Å². The van der Waals surface area contributed by atoms with E-state index in [0.717, 1.165) is 39.5 Å². The summed E-state index contributed by atoms with van der Waals surface area (Å²) in [6.07, 6.45) is 0.479. The van der Waals surface area contributed by atoms with Crippen LogP contribution < -0.4 is 19.7 Å². The first-order valence-electron chi connectivity index (χ1n) is 10.6. The lowest BCUT2D eigenvalue weighted by Crippen LogP contribution is -2.49. The van der Waals surface area contributed by atoms with Crippen molar-refractivity contribution < 1.29 is 18.3 Å². The first kappa shape index (κ1) is 22.1. The minimum Gasteiger partial charge on any atom is -0.492 e. The number of carbonyl (C=O) groups is 1. The Kier molecular flexibility index (Phi) is 5.75. The molecule has 10 heteroatoms. The number of nitrogens with two attached hydrogens (primary N) is 1. The van der Waals surface area contributed by atoms with Crippen molar-refractivity contribution in [2.24, 2.45) is 5.14 Å². The standard InChI is InChI=1S/C23H22F2N4O2S2/c1-14-20(33-26)32-21(27-14)29-12-3-11-28(22(29)30)16-8-6-15(7-9-16)17-4-2-5-18-19(17)31-13-10-23(18,24)25/h2,4-9H,3,10-13,26H2,1H3. The summed E-state index contributed by atoms with van der Waals surface area (Å²) >= 11 is 2.54. The topological polar surface area (TPSA) is 71.7 Å². The Morgan fingerprint density at radius 1 is 1.15 bits per heavy atom. The molecule has 5 rings (SSSR count). The predicted octanol–water partition coefficient (Wildman–Crippen LogP) is 5.80. The van der Waals surface area contributed by atoms with E-state index in [0.29, 0.717) is 23.8 Å². The van der Waals surface area contributed by atoms with Crippen molar-refractivity contribution in [3.63, 3.8) is 0 Å². The van der Waals surface area contributed by atoms with Crippen LogP contribution in [0.4, 0.5) is 24.4 Å². The maximum atomic E-state index is 14.3. The van der Waals surface area contributed by atoms with E-state index in [9.17, 15) is 13.6 Å². The molecule has 1 fully saturated rings. The first-order chi connectivity index (χ1) is 15.9. The Balaban J connectivity index is 1.41. The number of ether oxygens (including phenoxy) is 1. The highest BCUT2D eigenvalue weighted by molar-refractivity contribution is 7.99. The van der Waals surface area contributed by atoms with Crippen molar-refractivity contribution in [2.75, 3.05) is 29.5 Å². The van der Waals surface area contributed by atoms with Crippen LogP contribution in [0.25, 0.3) is 11.1 Å². The quantitative estimate of drug-likeness (QED) is 0.470. The van der Waals surface area contributed by atoms with Gasteiger partial charge in [-0.1, -0.05) is 35.6 Å². The van der Waals surface area contributed by atoms with E-state index in [2.05, 4.69) is 4.98 Å². The number of halogens is 2. The molecule has 0 saturated carbocycles. The van der Waals surface area contributed by atoms with Crippen molar-refractivity contribution in [3.05, 3.63) is 53.7 Å². The largest absolute Gasteiger partial charge is 0.492 e. The molecule has 0 aliphatic carbocycles. The SMILES string of the molecule is Cc1nc(N2CCCN(c3ccc(-c4cccc5c4OCCC5(F)F)cc3)C2=O)sc1SN. The molecule has 0 radical (unpaired) electrons. The van der Waals surface area contributed by atoms with Crippen molar-refractivity contribution in [3.8, 4) is 16.9 Å². The summed E-state index contributed by atoms with van der Waals surface area (Å²) in [4.78, 5) is 21.1. The van der Waals surface area contributed by atoms with Gasteiger partial charge in [-0.15, -0.1) is 0 Å². The van der Waals surface area contributed by atoms with E-state index in [-0.39, 0.29) is 30.4 Å². The lowest BCUT2D eigenvalue weighted by Gasteiger charge is -2.34. The number of benzene rings is 2. The fourth-order valence-electron chi connectivity index (χ4n) is 4.18. The second-order valence-electron chi connectivity index (χ2n) is 7.96. The molecule has 172 valence electrons. The summed E-state index contributed by atoms with van der Waals surface area (Å²) in [6.45, 7) is 3.04. The van der Waals surface area contributed by atoms with Crippen LogP contribution in [0.5, 0.6) is 5.75 Å². The molecule has 2 aliphatic heterocycles. The molecule has 0 atom stereocenters. The Morgan fingerprint density at radius 2 is 1.91 bits per heavy atom. The van der Waals surface area contributed by atoms with E-state index in [1.54, 1.807) is 21.9 Å². The van der Waals surface area contributed by atoms with Crippen LogP contribution in [0.1, 0.15) is 24.1 Å². The number of para-hydroxylation sites is 1. The van der Waals surface area contributed by atoms with Gasteiger partial charge in [-0.05, 0) is 49.1 Å². The van der Waals surface area contributed by atoms with E-state index in [4.69, 9.17) is 9.88 Å². The lowest BCUT2D eigenvalue weighted by molar-refractivity contribution is -0.0402.